The molecule has 0 spiro atoms. The molecule has 0 fully saturated rings. The van der Waals surface area contributed by atoms with E-state index >= 15 is 0 Å². The monoisotopic (exact) mass is 436 g/mol. The molecule has 3 nitrogen and oxygen atoms in total. The molecule has 2 aromatic rings. The number of hydrogen-bond donors (Lipinski definition) is 0. The molecule has 2 rings (SSSR count). The summed E-state index contributed by atoms with van der Waals surface area (Å²) < 4.78 is 5.86. The lowest BCUT2D eigenvalue weighted by Gasteiger charge is -2.06. The number of ether oxygens (including phenoxy) is 1. The van der Waals surface area contributed by atoms with Crippen molar-refractivity contribution in [3.63, 3.8) is 0 Å². The van der Waals surface area contributed by atoms with Gasteiger partial charge in [0.05, 0.1) is 6.61 Å². The van der Waals surface area contributed by atoms with E-state index in [0.717, 1.165) is 36.6 Å². The first-order valence-electron chi connectivity index (χ1n) is 13.0. The van der Waals surface area contributed by atoms with Crippen LogP contribution in [-0.4, -0.2) is 16.6 Å². The highest BCUT2D eigenvalue weighted by Crippen LogP contribution is 2.20. The number of nitrogens with zero attached hydrogens (tertiary/aromatic N) is 2. The molecule has 176 valence electrons. The smallest absolute Gasteiger partial charge is 0.159 e. The van der Waals surface area contributed by atoms with Crippen molar-refractivity contribution in [2.45, 2.75) is 104 Å². The van der Waals surface area contributed by atoms with Gasteiger partial charge < -0.3 is 4.74 Å². The first-order valence-corrected chi connectivity index (χ1v) is 13.0. The SMILES string of the molecule is CCCCCCCC=CCCOc1ccc(-c2ncc(CCCCCCCC)cn2)cc1. The second-order valence-electron chi connectivity index (χ2n) is 8.77. The van der Waals surface area contributed by atoms with Crippen LogP contribution in [0.5, 0.6) is 5.75 Å². The van der Waals surface area contributed by atoms with Crippen LogP contribution >= 0.6 is 0 Å². The summed E-state index contributed by atoms with van der Waals surface area (Å²) in [6.45, 7) is 5.24. The van der Waals surface area contributed by atoms with Crippen molar-refractivity contribution in [3.8, 4) is 17.1 Å². The van der Waals surface area contributed by atoms with Gasteiger partial charge in [0, 0.05) is 18.0 Å². The van der Waals surface area contributed by atoms with E-state index in [2.05, 4.69) is 36.0 Å². The third kappa shape index (κ3) is 11.5. The number of benzene rings is 1. The van der Waals surface area contributed by atoms with Crippen molar-refractivity contribution in [1.29, 1.82) is 0 Å². The molecule has 1 aromatic carbocycles. The van der Waals surface area contributed by atoms with E-state index in [9.17, 15) is 0 Å². The van der Waals surface area contributed by atoms with E-state index in [1.165, 1.54) is 82.6 Å². The van der Waals surface area contributed by atoms with E-state index in [1.54, 1.807) is 0 Å². The van der Waals surface area contributed by atoms with Crippen LogP contribution in [0.15, 0.2) is 48.8 Å². The maximum absolute atomic E-state index is 5.86. The van der Waals surface area contributed by atoms with Gasteiger partial charge in [-0.2, -0.15) is 0 Å². The van der Waals surface area contributed by atoms with E-state index in [0.29, 0.717) is 0 Å². The van der Waals surface area contributed by atoms with Gasteiger partial charge in [-0.05, 0) is 61.9 Å². The highest BCUT2D eigenvalue weighted by Gasteiger charge is 2.03. The normalized spacial score (nSPS) is 11.3. The van der Waals surface area contributed by atoms with Gasteiger partial charge in [0.1, 0.15) is 5.75 Å². The van der Waals surface area contributed by atoms with Crippen LogP contribution in [0.1, 0.15) is 103 Å². The molecule has 0 aliphatic carbocycles. The molecule has 0 radical (unpaired) electrons. The molecule has 32 heavy (non-hydrogen) atoms. The molecule has 0 amide bonds. The van der Waals surface area contributed by atoms with Gasteiger partial charge in [-0.1, -0.05) is 83.8 Å². The summed E-state index contributed by atoms with van der Waals surface area (Å²) in [6.07, 6.45) is 26.3. The topological polar surface area (TPSA) is 35.0 Å². The summed E-state index contributed by atoms with van der Waals surface area (Å²) in [6, 6.07) is 8.12. The van der Waals surface area contributed by atoms with Crippen molar-refractivity contribution in [2.24, 2.45) is 0 Å². The summed E-state index contributed by atoms with van der Waals surface area (Å²) in [5.41, 5.74) is 2.27. The highest BCUT2D eigenvalue weighted by atomic mass is 16.5. The van der Waals surface area contributed by atoms with Crippen LogP contribution in [0.4, 0.5) is 0 Å². The van der Waals surface area contributed by atoms with Gasteiger partial charge in [-0.3, -0.25) is 0 Å². The Balaban J connectivity index is 1.63. The van der Waals surface area contributed by atoms with Crippen LogP contribution < -0.4 is 4.74 Å². The molecular weight excluding hydrogens is 392 g/mol. The number of allylic oxidation sites excluding steroid dienone is 1. The predicted molar refractivity (Wildman–Crippen MR) is 137 cm³/mol. The molecule has 0 aliphatic heterocycles. The van der Waals surface area contributed by atoms with Crippen LogP contribution in [0.3, 0.4) is 0 Å². The zero-order valence-corrected chi connectivity index (χ0v) is 20.5. The second-order valence-corrected chi connectivity index (χ2v) is 8.77. The third-order valence-electron chi connectivity index (χ3n) is 5.83. The van der Waals surface area contributed by atoms with E-state index in [-0.39, 0.29) is 0 Å². The summed E-state index contributed by atoms with van der Waals surface area (Å²) in [7, 11) is 0. The minimum Gasteiger partial charge on any atom is -0.493 e. The molecule has 1 heterocycles. The van der Waals surface area contributed by atoms with Gasteiger partial charge in [-0.15, -0.1) is 0 Å². The fourth-order valence-corrected chi connectivity index (χ4v) is 3.79. The minimum atomic E-state index is 0.718. The lowest BCUT2D eigenvalue weighted by atomic mass is 10.1. The zero-order chi connectivity index (χ0) is 22.7. The molecule has 0 saturated carbocycles. The molecule has 0 atom stereocenters. The Bertz CT molecular complexity index is 722. The van der Waals surface area contributed by atoms with Crippen molar-refractivity contribution in [1.82, 2.24) is 9.97 Å². The lowest BCUT2D eigenvalue weighted by Crippen LogP contribution is -1.96. The Morgan fingerprint density at radius 1 is 0.688 bits per heavy atom. The Morgan fingerprint density at radius 3 is 1.97 bits per heavy atom. The summed E-state index contributed by atoms with van der Waals surface area (Å²) in [4.78, 5) is 9.15. The first kappa shape index (κ1) is 26.1. The predicted octanol–water partition coefficient (Wildman–Crippen LogP) is 8.73. The Labute approximate surface area is 196 Å². The second kappa shape index (κ2) is 17.4. The molecule has 1 aromatic heterocycles. The Kier molecular flexibility index (Phi) is 14.2. The number of aromatic nitrogens is 2. The third-order valence-corrected chi connectivity index (χ3v) is 5.83. The van der Waals surface area contributed by atoms with Gasteiger partial charge in [0.2, 0.25) is 0 Å². The fourth-order valence-electron chi connectivity index (χ4n) is 3.79. The van der Waals surface area contributed by atoms with Crippen molar-refractivity contribution >= 4 is 0 Å². The van der Waals surface area contributed by atoms with Gasteiger partial charge in [-0.25, -0.2) is 9.97 Å². The average molecular weight is 437 g/mol. The van der Waals surface area contributed by atoms with E-state index < -0.39 is 0 Å². The molecule has 0 aliphatic rings. The van der Waals surface area contributed by atoms with E-state index in [4.69, 9.17) is 4.74 Å². The van der Waals surface area contributed by atoms with Crippen LogP contribution in [0.2, 0.25) is 0 Å². The van der Waals surface area contributed by atoms with Gasteiger partial charge in [0.15, 0.2) is 5.82 Å². The maximum Gasteiger partial charge on any atom is 0.159 e. The molecule has 0 unspecified atom stereocenters. The van der Waals surface area contributed by atoms with E-state index in [1.807, 2.05) is 36.7 Å². The molecular formula is C29H44N2O. The largest absolute Gasteiger partial charge is 0.493 e. The summed E-state index contributed by atoms with van der Waals surface area (Å²) in [5, 5.41) is 0. The minimum absolute atomic E-state index is 0.718. The Hall–Kier alpha value is -2.16. The van der Waals surface area contributed by atoms with Crippen LogP contribution in [-0.2, 0) is 6.42 Å². The summed E-state index contributed by atoms with van der Waals surface area (Å²) >= 11 is 0. The molecule has 0 saturated heterocycles. The van der Waals surface area contributed by atoms with Gasteiger partial charge in [0.25, 0.3) is 0 Å². The first-order chi connectivity index (χ1) is 15.8. The number of unbranched alkanes of at least 4 members (excludes halogenated alkanes) is 10. The molecule has 0 bridgehead atoms. The van der Waals surface area contributed by atoms with Gasteiger partial charge >= 0.3 is 0 Å². The number of aryl methyl sites for hydroxylation is 1. The molecule has 0 N–H and O–H groups in total. The Morgan fingerprint density at radius 2 is 1.28 bits per heavy atom. The van der Waals surface area contributed by atoms with Crippen molar-refractivity contribution in [2.75, 3.05) is 6.61 Å². The van der Waals surface area contributed by atoms with Crippen molar-refractivity contribution in [3.05, 3.63) is 54.4 Å². The maximum atomic E-state index is 5.86. The lowest BCUT2D eigenvalue weighted by molar-refractivity contribution is 0.325. The zero-order valence-electron chi connectivity index (χ0n) is 20.5. The molecule has 3 heteroatoms. The van der Waals surface area contributed by atoms with Crippen molar-refractivity contribution < 1.29 is 4.74 Å². The number of rotatable bonds is 18. The van der Waals surface area contributed by atoms with Crippen LogP contribution in [0.25, 0.3) is 11.4 Å². The number of hydrogen-bond acceptors (Lipinski definition) is 3. The quantitative estimate of drug-likeness (QED) is 0.173. The highest BCUT2D eigenvalue weighted by molar-refractivity contribution is 5.55. The van der Waals surface area contributed by atoms with Crippen LogP contribution in [0, 0.1) is 0 Å². The fraction of sp³-hybridized carbons (Fsp3) is 0.586. The standard InChI is InChI=1S/C29H44N2O/c1-3-5-7-9-11-12-13-15-17-23-32-28-21-19-27(20-22-28)29-30-24-26(25-31-29)18-16-14-10-8-6-4-2/h13,15,19-22,24-25H,3-12,14,16-18,23H2,1-2H3. The average Bonchev–Trinajstić information content (AvgIpc) is 2.83. The summed E-state index contributed by atoms with van der Waals surface area (Å²) in [5.74, 6) is 1.69.